The van der Waals surface area contributed by atoms with E-state index in [0.29, 0.717) is 31.9 Å². The molecule has 0 saturated carbocycles. The fourth-order valence-electron chi connectivity index (χ4n) is 4.06. The summed E-state index contributed by atoms with van der Waals surface area (Å²) in [4.78, 5) is 5.86. The summed E-state index contributed by atoms with van der Waals surface area (Å²) in [6.45, 7) is 3.94. The Morgan fingerprint density at radius 2 is 1.71 bits per heavy atom. The Bertz CT molecular complexity index is 1120. The number of aromatic nitrogens is 3. The minimum Gasteiger partial charge on any atom is -0.382 e. The number of hydrogen-bond acceptors (Lipinski definition) is 6. The molecule has 1 aromatic heterocycles. The lowest BCUT2D eigenvalue weighted by atomic mass is 9.90. The molecule has 4 rings (SSSR count). The van der Waals surface area contributed by atoms with Crippen LogP contribution >= 0.6 is 11.9 Å². The van der Waals surface area contributed by atoms with Gasteiger partial charge in [-0.3, -0.25) is 0 Å². The molecule has 2 atom stereocenters. The first kappa shape index (κ1) is 25.4. The van der Waals surface area contributed by atoms with Crippen molar-refractivity contribution in [3.63, 3.8) is 0 Å². The van der Waals surface area contributed by atoms with Gasteiger partial charge in [0.1, 0.15) is 29.9 Å². The zero-order valence-electron chi connectivity index (χ0n) is 18.8. The highest BCUT2D eigenvalue weighted by atomic mass is 32.2. The second kappa shape index (κ2) is 10.1. The highest BCUT2D eigenvalue weighted by molar-refractivity contribution is 7.97. The number of benzene rings is 2. The average Bonchev–Trinajstić information content (AvgIpc) is 3.31. The Morgan fingerprint density at radius 3 is 2.29 bits per heavy atom. The lowest BCUT2D eigenvalue weighted by molar-refractivity contribution is -0.137. The van der Waals surface area contributed by atoms with Gasteiger partial charge in [-0.2, -0.15) is 18.3 Å². The molecule has 12 heteroatoms. The van der Waals surface area contributed by atoms with Crippen LogP contribution in [0.25, 0.3) is 0 Å². The number of piperazine rings is 1. The molecule has 35 heavy (non-hydrogen) atoms. The third-order valence-corrected chi connectivity index (χ3v) is 7.41. The first-order chi connectivity index (χ1) is 16.6. The average molecular weight is 514 g/mol. The first-order valence-corrected chi connectivity index (χ1v) is 11.7. The number of rotatable bonds is 7. The van der Waals surface area contributed by atoms with E-state index in [0.717, 1.165) is 24.3 Å². The van der Waals surface area contributed by atoms with Gasteiger partial charge in [-0.1, -0.05) is 18.0 Å². The van der Waals surface area contributed by atoms with Crippen LogP contribution in [0.15, 0.2) is 55.1 Å². The molecule has 188 valence electrons. The van der Waals surface area contributed by atoms with E-state index in [9.17, 15) is 27.1 Å². The Labute approximate surface area is 203 Å². The Morgan fingerprint density at radius 1 is 1.03 bits per heavy atom. The van der Waals surface area contributed by atoms with Crippen LogP contribution < -0.4 is 4.90 Å². The molecule has 0 unspecified atom stereocenters. The summed E-state index contributed by atoms with van der Waals surface area (Å²) in [5.41, 5.74) is -1.76. The number of hydrogen-bond donors (Lipinski definition) is 1. The summed E-state index contributed by atoms with van der Waals surface area (Å²) in [6.07, 6.45) is -1.66. The Hall–Kier alpha value is -2.70. The van der Waals surface area contributed by atoms with Crippen LogP contribution in [0.5, 0.6) is 0 Å². The minimum atomic E-state index is -4.38. The monoisotopic (exact) mass is 513 g/mol. The van der Waals surface area contributed by atoms with Crippen LogP contribution in [0.1, 0.15) is 18.1 Å². The second-order valence-electron chi connectivity index (χ2n) is 8.35. The molecule has 0 spiro atoms. The van der Waals surface area contributed by atoms with E-state index in [1.165, 1.54) is 47.5 Å². The molecule has 6 nitrogen and oxygen atoms in total. The van der Waals surface area contributed by atoms with Crippen LogP contribution in [0, 0.1) is 11.6 Å². The highest BCUT2D eigenvalue weighted by Crippen LogP contribution is 2.38. The van der Waals surface area contributed by atoms with Gasteiger partial charge in [0, 0.05) is 43.5 Å². The fourth-order valence-corrected chi connectivity index (χ4v) is 5.26. The van der Waals surface area contributed by atoms with Gasteiger partial charge in [0.05, 0.1) is 17.4 Å². The van der Waals surface area contributed by atoms with Crippen molar-refractivity contribution in [3.8, 4) is 0 Å². The van der Waals surface area contributed by atoms with Crippen LogP contribution in [0.2, 0.25) is 0 Å². The maximum Gasteiger partial charge on any atom is 0.416 e. The summed E-state index contributed by atoms with van der Waals surface area (Å²) in [5.74, 6) is -1.60. The second-order valence-corrected chi connectivity index (χ2v) is 9.78. The molecule has 3 aromatic rings. The van der Waals surface area contributed by atoms with Crippen LogP contribution in [-0.4, -0.2) is 55.6 Å². The number of alkyl halides is 3. The molecular weight excluding hydrogens is 489 g/mol. The summed E-state index contributed by atoms with van der Waals surface area (Å²) in [7, 11) is 0. The molecule has 1 saturated heterocycles. The predicted octanol–water partition coefficient (Wildman–Crippen LogP) is 4.32. The van der Waals surface area contributed by atoms with Crippen molar-refractivity contribution >= 4 is 17.6 Å². The van der Waals surface area contributed by atoms with Gasteiger partial charge < -0.3 is 10.0 Å². The zero-order valence-corrected chi connectivity index (χ0v) is 19.6. The van der Waals surface area contributed by atoms with E-state index in [2.05, 4.69) is 10.1 Å². The molecule has 2 aromatic carbocycles. The SMILES string of the molecule is C[C@@H](SN1CCN(c2ccc(C(F)(F)F)cc2)CC1)[C@](O)(Cn1cncn1)c1ccc(F)cc1F. The van der Waals surface area contributed by atoms with Crippen molar-refractivity contribution in [3.05, 3.63) is 77.9 Å². The smallest absolute Gasteiger partial charge is 0.382 e. The Kier molecular flexibility index (Phi) is 7.34. The van der Waals surface area contributed by atoms with Crippen molar-refractivity contribution in [2.24, 2.45) is 0 Å². The lowest BCUT2D eigenvalue weighted by Crippen LogP contribution is -2.47. The maximum atomic E-state index is 14.7. The van der Waals surface area contributed by atoms with Gasteiger partial charge in [-0.15, -0.1) is 0 Å². The molecule has 1 N–H and O–H groups in total. The van der Waals surface area contributed by atoms with E-state index >= 15 is 0 Å². The van der Waals surface area contributed by atoms with E-state index < -0.39 is 34.2 Å². The standard InChI is InChI=1S/C23H24F5N5OS/c1-16(22(34,13-32-15-29-14-30-32)20-7-4-18(24)12-21(20)25)35-33-10-8-31(9-11-33)19-5-2-17(3-6-19)23(26,27)28/h2-7,12,14-16,34H,8-11,13H2,1H3/t16-,22-/m1/s1. The predicted molar refractivity (Wildman–Crippen MR) is 123 cm³/mol. The van der Waals surface area contributed by atoms with Crippen molar-refractivity contribution < 1.29 is 27.1 Å². The molecule has 0 radical (unpaired) electrons. The molecule has 1 aliphatic heterocycles. The summed E-state index contributed by atoms with van der Waals surface area (Å²) in [6, 6.07) is 8.14. The molecule has 1 aliphatic rings. The van der Waals surface area contributed by atoms with Gasteiger partial charge in [-0.25, -0.2) is 22.8 Å². The number of anilines is 1. The lowest BCUT2D eigenvalue weighted by Gasteiger charge is -2.40. The van der Waals surface area contributed by atoms with Crippen molar-refractivity contribution in [1.82, 2.24) is 19.1 Å². The first-order valence-electron chi connectivity index (χ1n) is 10.9. The summed E-state index contributed by atoms with van der Waals surface area (Å²) < 4.78 is 70.1. The van der Waals surface area contributed by atoms with Gasteiger partial charge in [0.2, 0.25) is 0 Å². The Balaban J connectivity index is 1.44. The van der Waals surface area contributed by atoms with Gasteiger partial charge >= 0.3 is 6.18 Å². The quantitative estimate of drug-likeness (QED) is 0.375. The third-order valence-electron chi connectivity index (χ3n) is 6.05. The molecule has 2 heterocycles. The molecule has 1 fully saturated rings. The fraction of sp³-hybridized carbons (Fsp3) is 0.391. The topological polar surface area (TPSA) is 57.4 Å². The summed E-state index contributed by atoms with van der Waals surface area (Å²) in [5, 5.41) is 15.1. The molecule has 0 amide bonds. The van der Waals surface area contributed by atoms with Gasteiger partial charge in [-0.05, 0) is 37.3 Å². The maximum absolute atomic E-state index is 14.7. The normalized spacial score (nSPS) is 17.9. The molecule has 0 aliphatic carbocycles. The van der Waals surface area contributed by atoms with Crippen LogP contribution in [0.4, 0.5) is 27.6 Å². The van der Waals surface area contributed by atoms with Crippen LogP contribution in [-0.2, 0) is 18.3 Å². The molecule has 0 bridgehead atoms. The number of halogens is 5. The number of nitrogens with zero attached hydrogens (tertiary/aromatic N) is 5. The van der Waals surface area contributed by atoms with Gasteiger partial charge in [0.25, 0.3) is 0 Å². The van der Waals surface area contributed by atoms with Crippen molar-refractivity contribution in [2.45, 2.75) is 30.5 Å². The molecular formula is C23H24F5N5OS. The van der Waals surface area contributed by atoms with E-state index in [1.54, 1.807) is 6.92 Å². The number of aliphatic hydroxyl groups is 1. The van der Waals surface area contributed by atoms with Crippen molar-refractivity contribution in [2.75, 3.05) is 31.1 Å². The van der Waals surface area contributed by atoms with Gasteiger partial charge in [0.15, 0.2) is 0 Å². The highest BCUT2D eigenvalue weighted by Gasteiger charge is 2.41. The van der Waals surface area contributed by atoms with E-state index in [1.807, 2.05) is 9.21 Å². The van der Waals surface area contributed by atoms with E-state index in [-0.39, 0.29) is 12.1 Å². The third kappa shape index (κ3) is 5.76. The largest absolute Gasteiger partial charge is 0.416 e. The van der Waals surface area contributed by atoms with E-state index in [4.69, 9.17) is 0 Å². The van der Waals surface area contributed by atoms with Crippen LogP contribution in [0.3, 0.4) is 0 Å². The minimum absolute atomic E-state index is 0.0437. The summed E-state index contributed by atoms with van der Waals surface area (Å²) >= 11 is 1.35. The van der Waals surface area contributed by atoms with Crippen molar-refractivity contribution in [1.29, 1.82) is 0 Å². The zero-order chi connectivity index (χ0) is 25.2.